The summed E-state index contributed by atoms with van der Waals surface area (Å²) in [6.45, 7) is 6.31. The summed E-state index contributed by atoms with van der Waals surface area (Å²) in [5, 5.41) is 3.06. The van der Waals surface area contributed by atoms with E-state index in [0.717, 1.165) is 42.9 Å². The maximum atomic E-state index is 12.4. The van der Waals surface area contributed by atoms with Gasteiger partial charge in [0.25, 0.3) is 0 Å². The first-order chi connectivity index (χ1) is 15.2. The van der Waals surface area contributed by atoms with E-state index < -0.39 is 0 Å². The first kappa shape index (κ1) is 21.3. The van der Waals surface area contributed by atoms with Gasteiger partial charge in [-0.05, 0) is 34.7 Å². The highest BCUT2D eigenvalue weighted by molar-refractivity contribution is 5.78. The fourth-order valence-electron chi connectivity index (χ4n) is 4.02. The molecule has 3 aromatic carbocycles. The van der Waals surface area contributed by atoms with E-state index in [1.54, 1.807) is 0 Å². The predicted molar refractivity (Wildman–Crippen MR) is 125 cm³/mol. The van der Waals surface area contributed by atoms with Gasteiger partial charge in [0.2, 0.25) is 5.91 Å². The number of ether oxygens (including phenoxy) is 1. The largest absolute Gasteiger partial charge is 0.376 e. The van der Waals surface area contributed by atoms with E-state index in [-0.39, 0.29) is 12.0 Å². The number of carbonyl (C=O) groups excluding carboxylic acids is 1. The van der Waals surface area contributed by atoms with Crippen molar-refractivity contribution in [1.29, 1.82) is 0 Å². The number of rotatable bonds is 7. The molecule has 4 heteroatoms. The third-order valence-electron chi connectivity index (χ3n) is 5.64. The zero-order valence-corrected chi connectivity index (χ0v) is 18.1. The van der Waals surface area contributed by atoms with Gasteiger partial charge in [0.15, 0.2) is 0 Å². The molecule has 1 N–H and O–H groups in total. The molecule has 1 aliphatic heterocycles. The van der Waals surface area contributed by atoms with Crippen LogP contribution in [0.4, 0.5) is 0 Å². The molecule has 0 aromatic heterocycles. The molecule has 0 radical (unpaired) electrons. The molecule has 4 rings (SSSR count). The summed E-state index contributed by atoms with van der Waals surface area (Å²) in [6.07, 6.45) is 0.679. The Morgan fingerprint density at radius 3 is 2.45 bits per heavy atom. The van der Waals surface area contributed by atoms with Gasteiger partial charge in [-0.25, -0.2) is 0 Å². The lowest BCUT2D eigenvalue weighted by Crippen LogP contribution is -2.40. The lowest BCUT2D eigenvalue weighted by molar-refractivity contribution is -0.120. The number of benzene rings is 3. The summed E-state index contributed by atoms with van der Waals surface area (Å²) in [7, 11) is 0. The maximum Gasteiger partial charge on any atom is 0.224 e. The van der Waals surface area contributed by atoms with Gasteiger partial charge in [0, 0.05) is 26.2 Å². The Labute approximate surface area is 184 Å². The molecule has 1 fully saturated rings. The molecule has 1 unspecified atom stereocenters. The summed E-state index contributed by atoms with van der Waals surface area (Å²) in [6, 6.07) is 27.0. The summed E-state index contributed by atoms with van der Waals surface area (Å²) in [4.78, 5) is 14.9. The maximum absolute atomic E-state index is 12.4. The van der Waals surface area contributed by atoms with E-state index in [1.807, 2.05) is 30.3 Å². The molecular formula is C27H30N2O2. The number of hydrogen-bond acceptors (Lipinski definition) is 3. The van der Waals surface area contributed by atoms with Crippen LogP contribution >= 0.6 is 0 Å². The molecule has 1 aliphatic rings. The molecular weight excluding hydrogens is 384 g/mol. The van der Waals surface area contributed by atoms with Crippen LogP contribution in [0, 0.1) is 0 Å². The van der Waals surface area contributed by atoms with Crippen LogP contribution in [0.3, 0.4) is 0 Å². The second-order valence-electron chi connectivity index (χ2n) is 8.25. The lowest BCUT2D eigenvalue weighted by atomic mass is 10.0. The van der Waals surface area contributed by atoms with Gasteiger partial charge in [-0.2, -0.15) is 0 Å². The second-order valence-corrected chi connectivity index (χ2v) is 8.25. The van der Waals surface area contributed by atoms with E-state index in [9.17, 15) is 4.79 Å². The standard InChI is InChI=1S/C27H30N2O2/c1-21-19-29(14-15-31-21)20-24-7-5-6-23(16-24)18-28-27(30)17-22-10-12-26(13-11-22)25-8-3-2-4-9-25/h2-13,16,21H,14-15,17-20H2,1H3,(H,28,30). The average molecular weight is 415 g/mol. The smallest absolute Gasteiger partial charge is 0.224 e. The number of hydrogen-bond donors (Lipinski definition) is 1. The van der Waals surface area contributed by atoms with Crippen LogP contribution < -0.4 is 5.32 Å². The van der Waals surface area contributed by atoms with Crippen LogP contribution in [0.15, 0.2) is 78.9 Å². The van der Waals surface area contributed by atoms with Gasteiger partial charge in [0.05, 0.1) is 19.1 Å². The zero-order chi connectivity index (χ0) is 21.5. The van der Waals surface area contributed by atoms with Gasteiger partial charge < -0.3 is 10.1 Å². The van der Waals surface area contributed by atoms with E-state index >= 15 is 0 Å². The number of morpholine rings is 1. The highest BCUT2D eigenvalue weighted by Crippen LogP contribution is 2.19. The van der Waals surface area contributed by atoms with Crippen molar-refractivity contribution in [3.63, 3.8) is 0 Å². The van der Waals surface area contributed by atoms with Crippen LogP contribution in [-0.2, 0) is 29.0 Å². The van der Waals surface area contributed by atoms with Crippen molar-refractivity contribution in [3.05, 3.63) is 95.6 Å². The van der Waals surface area contributed by atoms with Crippen molar-refractivity contribution < 1.29 is 9.53 Å². The molecule has 1 atom stereocenters. The van der Waals surface area contributed by atoms with Gasteiger partial charge in [-0.15, -0.1) is 0 Å². The van der Waals surface area contributed by atoms with Gasteiger partial charge in [0.1, 0.15) is 0 Å². The first-order valence-corrected chi connectivity index (χ1v) is 11.0. The predicted octanol–water partition coefficient (Wildman–Crippen LogP) is 4.43. The summed E-state index contributed by atoms with van der Waals surface area (Å²) in [5.74, 6) is 0.0415. The molecule has 31 heavy (non-hydrogen) atoms. The van der Waals surface area contributed by atoms with Crippen molar-refractivity contribution in [3.8, 4) is 11.1 Å². The second kappa shape index (κ2) is 10.4. The highest BCUT2D eigenvalue weighted by Gasteiger charge is 2.16. The molecule has 0 spiro atoms. The normalized spacial score (nSPS) is 16.7. The fourth-order valence-corrected chi connectivity index (χ4v) is 4.02. The highest BCUT2D eigenvalue weighted by atomic mass is 16.5. The number of nitrogens with one attached hydrogen (secondary N) is 1. The minimum atomic E-state index is 0.0415. The van der Waals surface area contributed by atoms with E-state index in [4.69, 9.17) is 4.74 Å². The Morgan fingerprint density at radius 1 is 0.935 bits per heavy atom. The summed E-state index contributed by atoms with van der Waals surface area (Å²) >= 11 is 0. The summed E-state index contributed by atoms with van der Waals surface area (Å²) < 4.78 is 5.62. The topological polar surface area (TPSA) is 41.6 Å². The number of carbonyl (C=O) groups is 1. The quantitative estimate of drug-likeness (QED) is 0.622. The third kappa shape index (κ3) is 6.27. The molecule has 1 amide bonds. The monoisotopic (exact) mass is 414 g/mol. The minimum absolute atomic E-state index is 0.0415. The van der Waals surface area contributed by atoms with Crippen LogP contribution in [0.2, 0.25) is 0 Å². The number of nitrogens with zero attached hydrogens (tertiary/aromatic N) is 1. The zero-order valence-electron chi connectivity index (χ0n) is 18.1. The molecule has 0 saturated carbocycles. The van der Waals surface area contributed by atoms with Crippen LogP contribution in [0.5, 0.6) is 0 Å². The average Bonchev–Trinajstić information content (AvgIpc) is 2.79. The Hall–Kier alpha value is -2.95. The minimum Gasteiger partial charge on any atom is -0.376 e. The van der Waals surface area contributed by atoms with Crippen molar-refractivity contribution in [2.45, 2.75) is 32.5 Å². The third-order valence-corrected chi connectivity index (χ3v) is 5.64. The first-order valence-electron chi connectivity index (χ1n) is 11.0. The molecule has 0 bridgehead atoms. The Kier molecular flexibility index (Phi) is 7.13. The van der Waals surface area contributed by atoms with Crippen molar-refractivity contribution in [2.24, 2.45) is 0 Å². The van der Waals surface area contributed by atoms with Crippen LogP contribution in [-0.4, -0.2) is 36.6 Å². The molecule has 1 saturated heterocycles. The SMILES string of the molecule is CC1CN(Cc2cccc(CNC(=O)Cc3ccc(-c4ccccc4)cc3)c2)CCO1. The number of amides is 1. The van der Waals surface area contributed by atoms with E-state index in [0.29, 0.717) is 13.0 Å². The molecule has 160 valence electrons. The molecule has 3 aromatic rings. The lowest BCUT2D eigenvalue weighted by Gasteiger charge is -2.31. The Balaban J connectivity index is 1.28. The van der Waals surface area contributed by atoms with Gasteiger partial charge in [-0.3, -0.25) is 9.69 Å². The van der Waals surface area contributed by atoms with E-state index in [1.165, 1.54) is 11.1 Å². The molecule has 0 aliphatic carbocycles. The van der Waals surface area contributed by atoms with Gasteiger partial charge >= 0.3 is 0 Å². The Bertz CT molecular complexity index is 986. The van der Waals surface area contributed by atoms with Gasteiger partial charge in [-0.1, -0.05) is 78.9 Å². The summed E-state index contributed by atoms with van der Waals surface area (Å²) in [5.41, 5.74) is 5.78. The van der Waals surface area contributed by atoms with E-state index in [2.05, 4.69) is 65.7 Å². The fraction of sp³-hybridized carbons (Fsp3) is 0.296. The van der Waals surface area contributed by atoms with Crippen LogP contribution in [0.1, 0.15) is 23.6 Å². The molecule has 1 heterocycles. The van der Waals surface area contributed by atoms with Crippen molar-refractivity contribution in [2.75, 3.05) is 19.7 Å². The Morgan fingerprint density at radius 2 is 1.68 bits per heavy atom. The molecule has 4 nitrogen and oxygen atoms in total. The van der Waals surface area contributed by atoms with Crippen molar-refractivity contribution >= 4 is 5.91 Å². The van der Waals surface area contributed by atoms with Crippen LogP contribution in [0.25, 0.3) is 11.1 Å². The van der Waals surface area contributed by atoms with Crippen molar-refractivity contribution in [1.82, 2.24) is 10.2 Å².